The van der Waals surface area contributed by atoms with Crippen LogP contribution in [0.15, 0.2) is 54.2 Å². The van der Waals surface area contributed by atoms with Crippen LogP contribution in [0.5, 0.6) is 0 Å². The summed E-state index contributed by atoms with van der Waals surface area (Å²) in [4.78, 5) is 28.5. The van der Waals surface area contributed by atoms with Crippen molar-refractivity contribution in [2.45, 2.75) is 32.1 Å². The largest absolute Gasteiger partial charge is 0.481 e. The highest BCUT2D eigenvalue weighted by atomic mass is 35.5. The lowest BCUT2D eigenvalue weighted by atomic mass is 10.00. The van der Waals surface area contributed by atoms with Gasteiger partial charge in [-0.1, -0.05) is 24.3 Å². The molecule has 33 heavy (non-hydrogen) atoms. The molecule has 7 nitrogen and oxygen atoms in total. The molecule has 1 amide bonds. The van der Waals surface area contributed by atoms with Gasteiger partial charge in [0, 0.05) is 36.5 Å². The summed E-state index contributed by atoms with van der Waals surface area (Å²) < 4.78 is 0. The number of carbonyl (C=O) groups excluding carboxylic acids is 1. The van der Waals surface area contributed by atoms with Crippen LogP contribution in [0.4, 0.5) is 5.69 Å². The van der Waals surface area contributed by atoms with E-state index in [4.69, 9.17) is 16.2 Å². The van der Waals surface area contributed by atoms with Crippen LogP contribution in [0.3, 0.4) is 0 Å². The zero-order chi connectivity index (χ0) is 22.7. The van der Waals surface area contributed by atoms with Crippen molar-refractivity contribution in [3.63, 3.8) is 0 Å². The molecule has 0 saturated carbocycles. The molecule has 174 valence electrons. The maximum absolute atomic E-state index is 13.6. The Hall–Kier alpha value is -3.32. The van der Waals surface area contributed by atoms with Gasteiger partial charge in [-0.15, -0.1) is 12.4 Å². The summed E-state index contributed by atoms with van der Waals surface area (Å²) in [6.07, 6.45) is 4.00. The van der Waals surface area contributed by atoms with E-state index in [-0.39, 0.29) is 30.6 Å². The highest BCUT2D eigenvalue weighted by molar-refractivity contribution is 6.29. The van der Waals surface area contributed by atoms with Crippen LogP contribution in [0.2, 0.25) is 0 Å². The number of anilines is 1. The molecule has 4 rings (SSSR count). The number of aliphatic carboxylic acids is 1. The molecule has 2 aromatic carbocycles. The lowest BCUT2D eigenvalue weighted by Gasteiger charge is -2.31. The van der Waals surface area contributed by atoms with Crippen molar-refractivity contribution in [1.82, 2.24) is 4.90 Å². The van der Waals surface area contributed by atoms with Crippen LogP contribution in [0, 0.1) is 5.41 Å². The normalized spacial score (nSPS) is 16.1. The van der Waals surface area contributed by atoms with Gasteiger partial charge in [-0.25, -0.2) is 0 Å². The van der Waals surface area contributed by atoms with Crippen LogP contribution in [-0.4, -0.2) is 47.4 Å². The first kappa shape index (κ1) is 24.3. The Morgan fingerprint density at radius 1 is 1.00 bits per heavy atom. The highest BCUT2D eigenvalue weighted by Gasteiger charge is 2.35. The van der Waals surface area contributed by atoms with Crippen molar-refractivity contribution < 1.29 is 14.7 Å². The first-order chi connectivity index (χ1) is 15.4. The predicted octanol–water partition coefficient (Wildman–Crippen LogP) is 3.65. The number of benzene rings is 2. The molecular formula is C25H29ClN4O3. The smallest absolute Gasteiger partial charge is 0.303 e. The molecule has 2 aromatic rings. The van der Waals surface area contributed by atoms with Crippen molar-refractivity contribution in [3.8, 4) is 0 Å². The number of nitrogens with two attached hydrogens (primary N) is 1. The Labute approximate surface area is 199 Å². The van der Waals surface area contributed by atoms with Crippen LogP contribution in [0.1, 0.15) is 42.4 Å². The molecule has 0 bridgehead atoms. The van der Waals surface area contributed by atoms with Crippen molar-refractivity contribution >= 4 is 41.4 Å². The number of amidine groups is 1. The van der Waals surface area contributed by atoms with E-state index in [9.17, 15) is 9.59 Å². The second-order valence-corrected chi connectivity index (χ2v) is 8.31. The Morgan fingerprint density at radius 3 is 2.21 bits per heavy atom. The van der Waals surface area contributed by atoms with Gasteiger partial charge in [0.2, 0.25) is 0 Å². The topological polar surface area (TPSA) is 111 Å². The van der Waals surface area contributed by atoms with Gasteiger partial charge in [-0.2, -0.15) is 0 Å². The summed E-state index contributed by atoms with van der Waals surface area (Å²) >= 11 is 0. The number of piperidine rings is 1. The molecule has 0 spiro atoms. The SMILES string of the molecule is Cl.N=C(N)c1ccc(N2CC(N3CCCCC3)=C(c3ccc(CCC(=O)O)cc3)C2=O)cc1. The van der Waals surface area contributed by atoms with Crippen LogP contribution < -0.4 is 10.6 Å². The first-order valence-corrected chi connectivity index (χ1v) is 11.0. The first-order valence-electron chi connectivity index (χ1n) is 11.0. The summed E-state index contributed by atoms with van der Waals surface area (Å²) in [7, 11) is 0. The van der Waals surface area contributed by atoms with Gasteiger partial charge in [0.1, 0.15) is 5.84 Å². The van der Waals surface area contributed by atoms with E-state index in [1.807, 2.05) is 36.4 Å². The minimum atomic E-state index is -0.818. The molecule has 0 atom stereocenters. The maximum atomic E-state index is 13.6. The molecule has 2 aliphatic heterocycles. The number of nitrogens with one attached hydrogen (secondary N) is 1. The number of carbonyl (C=O) groups is 2. The number of halogens is 1. The van der Waals surface area contributed by atoms with E-state index in [1.54, 1.807) is 17.0 Å². The van der Waals surface area contributed by atoms with Gasteiger partial charge in [-0.3, -0.25) is 15.0 Å². The molecule has 0 aliphatic carbocycles. The van der Waals surface area contributed by atoms with Crippen molar-refractivity contribution in [1.29, 1.82) is 5.41 Å². The number of hydrogen-bond donors (Lipinski definition) is 3. The number of amides is 1. The van der Waals surface area contributed by atoms with Crippen LogP contribution in [0.25, 0.3) is 5.57 Å². The summed E-state index contributed by atoms with van der Waals surface area (Å²) in [5, 5.41) is 16.5. The number of hydrogen-bond acceptors (Lipinski definition) is 4. The predicted molar refractivity (Wildman–Crippen MR) is 132 cm³/mol. The Morgan fingerprint density at radius 2 is 1.64 bits per heavy atom. The third-order valence-corrected chi connectivity index (χ3v) is 6.15. The van der Waals surface area contributed by atoms with Gasteiger partial charge in [-0.05, 0) is 61.1 Å². The molecule has 2 aliphatic rings. The van der Waals surface area contributed by atoms with Crippen molar-refractivity contribution in [2.24, 2.45) is 5.73 Å². The average molecular weight is 469 g/mol. The Bertz CT molecular complexity index is 1060. The van der Waals surface area contributed by atoms with Gasteiger partial charge in [0.15, 0.2) is 0 Å². The summed E-state index contributed by atoms with van der Waals surface area (Å²) in [6, 6.07) is 14.9. The zero-order valence-corrected chi connectivity index (χ0v) is 19.2. The number of carboxylic acid groups (broad SMARTS) is 1. The van der Waals surface area contributed by atoms with Crippen LogP contribution >= 0.6 is 12.4 Å². The number of nitrogens with zero attached hydrogens (tertiary/aromatic N) is 2. The standard InChI is InChI=1S/C25H28N4O3.ClH/c26-24(27)19-9-11-20(12-10-19)29-16-21(28-14-2-1-3-15-28)23(25(29)32)18-7-4-17(5-8-18)6-13-22(30)31;/h4-5,7-12H,1-3,6,13-16H2,(H3,26,27)(H,30,31);1H. The minimum absolute atomic E-state index is 0. The molecule has 1 fully saturated rings. The molecule has 0 unspecified atom stereocenters. The fourth-order valence-electron chi connectivity index (χ4n) is 4.39. The van der Waals surface area contributed by atoms with Crippen LogP contribution in [-0.2, 0) is 16.0 Å². The number of aryl methyl sites for hydroxylation is 1. The van der Waals surface area contributed by atoms with E-state index in [1.165, 1.54) is 6.42 Å². The van der Waals surface area contributed by atoms with E-state index >= 15 is 0 Å². The highest BCUT2D eigenvalue weighted by Crippen LogP contribution is 2.35. The van der Waals surface area contributed by atoms with E-state index in [0.29, 0.717) is 24.1 Å². The molecule has 2 heterocycles. The lowest BCUT2D eigenvalue weighted by Crippen LogP contribution is -2.33. The Kier molecular flexibility index (Phi) is 7.76. The molecule has 1 saturated heterocycles. The van der Waals surface area contributed by atoms with Gasteiger partial charge in [0.25, 0.3) is 5.91 Å². The molecule has 4 N–H and O–H groups in total. The zero-order valence-electron chi connectivity index (χ0n) is 18.4. The van der Waals surface area contributed by atoms with Crippen molar-refractivity contribution in [3.05, 3.63) is 70.9 Å². The number of carboxylic acids is 1. The third kappa shape index (κ3) is 5.37. The summed E-state index contributed by atoms with van der Waals surface area (Å²) in [6.45, 7) is 2.40. The van der Waals surface area contributed by atoms with Gasteiger partial charge >= 0.3 is 5.97 Å². The number of nitrogen functional groups attached to an aromatic ring is 1. The number of likely N-dealkylation sites (tertiary alicyclic amines) is 1. The Balaban J connectivity index is 0.00000306. The second-order valence-electron chi connectivity index (χ2n) is 8.31. The average Bonchev–Trinajstić information content (AvgIpc) is 3.15. The third-order valence-electron chi connectivity index (χ3n) is 6.15. The monoisotopic (exact) mass is 468 g/mol. The van der Waals surface area contributed by atoms with E-state index in [2.05, 4.69) is 4.90 Å². The summed E-state index contributed by atoms with van der Waals surface area (Å²) in [5.41, 5.74) is 10.5. The fourth-order valence-corrected chi connectivity index (χ4v) is 4.39. The second kappa shape index (κ2) is 10.5. The molecular weight excluding hydrogens is 440 g/mol. The molecule has 0 aromatic heterocycles. The van der Waals surface area contributed by atoms with Gasteiger partial charge in [0.05, 0.1) is 12.1 Å². The quantitative estimate of drug-likeness (QED) is 0.424. The molecule has 8 heteroatoms. The van der Waals surface area contributed by atoms with Crippen molar-refractivity contribution in [2.75, 3.05) is 24.5 Å². The lowest BCUT2D eigenvalue weighted by molar-refractivity contribution is -0.137. The number of rotatable bonds is 7. The van der Waals surface area contributed by atoms with E-state index in [0.717, 1.165) is 48.4 Å². The minimum Gasteiger partial charge on any atom is -0.481 e. The van der Waals surface area contributed by atoms with Gasteiger partial charge < -0.3 is 20.6 Å². The maximum Gasteiger partial charge on any atom is 0.303 e. The molecule has 0 radical (unpaired) electrons. The fraction of sp³-hybridized carbons (Fsp3) is 0.320. The van der Waals surface area contributed by atoms with E-state index < -0.39 is 5.97 Å². The summed E-state index contributed by atoms with van der Waals surface area (Å²) in [5.74, 6) is -0.860.